The summed E-state index contributed by atoms with van der Waals surface area (Å²) in [4.78, 5) is 26.2. The second kappa shape index (κ2) is 3.93. The number of aromatic nitrogens is 5. The van der Waals surface area contributed by atoms with Crippen LogP contribution in [0.15, 0.2) is 16.9 Å². The number of aryl methyl sites for hydroxylation is 1. The number of hydrogen-bond donors (Lipinski definition) is 3. The van der Waals surface area contributed by atoms with E-state index in [0.717, 1.165) is 0 Å². The average Bonchev–Trinajstić information content (AvgIpc) is 2.65. The van der Waals surface area contributed by atoms with Crippen molar-refractivity contribution < 1.29 is 4.79 Å². The molecule has 2 heterocycles. The van der Waals surface area contributed by atoms with Gasteiger partial charge in [0, 0.05) is 6.07 Å². The molecule has 0 aliphatic rings. The van der Waals surface area contributed by atoms with Crippen LogP contribution in [-0.2, 0) is 0 Å². The summed E-state index contributed by atoms with van der Waals surface area (Å²) in [7, 11) is 0. The third-order valence-corrected chi connectivity index (χ3v) is 1.73. The lowest BCUT2D eigenvalue weighted by atomic mass is 10.4. The van der Waals surface area contributed by atoms with Crippen LogP contribution in [0.25, 0.3) is 0 Å². The van der Waals surface area contributed by atoms with Crippen LogP contribution in [0.1, 0.15) is 16.3 Å². The van der Waals surface area contributed by atoms with Gasteiger partial charge in [0.15, 0.2) is 0 Å². The molecule has 82 valence electrons. The van der Waals surface area contributed by atoms with Crippen molar-refractivity contribution in [2.75, 3.05) is 5.32 Å². The molecule has 0 atom stereocenters. The highest BCUT2D eigenvalue weighted by Gasteiger charge is 2.09. The monoisotopic (exact) mass is 220 g/mol. The Morgan fingerprint density at radius 2 is 2.12 bits per heavy atom. The van der Waals surface area contributed by atoms with Crippen molar-refractivity contribution in [2.45, 2.75) is 6.92 Å². The average molecular weight is 220 g/mol. The zero-order valence-electron chi connectivity index (χ0n) is 8.31. The highest BCUT2D eigenvalue weighted by Crippen LogP contribution is 1.99. The Hall–Kier alpha value is -2.51. The van der Waals surface area contributed by atoms with Crippen molar-refractivity contribution in [3.63, 3.8) is 0 Å². The molecule has 1 amide bonds. The first-order valence-electron chi connectivity index (χ1n) is 4.41. The summed E-state index contributed by atoms with van der Waals surface area (Å²) in [6.07, 6.45) is 0. The van der Waals surface area contributed by atoms with E-state index in [1.54, 1.807) is 6.92 Å². The SMILES string of the molecule is Cc1nc(NC(=O)c2ccc(=O)[nH]n2)n[nH]1. The maximum Gasteiger partial charge on any atom is 0.278 e. The summed E-state index contributed by atoms with van der Waals surface area (Å²) >= 11 is 0. The number of H-pyrrole nitrogens is 2. The standard InChI is InChI=1S/C8H8N6O2/c1-4-9-8(14-11-4)10-7(16)5-2-3-6(15)13-12-5/h2-3H,1H3,(H,13,15)(H2,9,10,11,14,16). The Bertz CT molecular complexity index is 551. The van der Waals surface area contributed by atoms with Gasteiger partial charge in [0.2, 0.25) is 5.95 Å². The molecular formula is C8H8N6O2. The third-order valence-electron chi connectivity index (χ3n) is 1.73. The molecule has 16 heavy (non-hydrogen) atoms. The van der Waals surface area contributed by atoms with Crippen LogP contribution in [0.2, 0.25) is 0 Å². The lowest BCUT2D eigenvalue weighted by Gasteiger charge is -1.97. The fourth-order valence-electron chi connectivity index (χ4n) is 1.04. The molecule has 3 N–H and O–H groups in total. The van der Waals surface area contributed by atoms with Gasteiger partial charge in [0.25, 0.3) is 11.5 Å². The lowest BCUT2D eigenvalue weighted by Crippen LogP contribution is -2.18. The molecule has 0 unspecified atom stereocenters. The van der Waals surface area contributed by atoms with Gasteiger partial charge in [-0.2, -0.15) is 10.1 Å². The Kier molecular flexibility index (Phi) is 2.46. The predicted molar refractivity (Wildman–Crippen MR) is 53.9 cm³/mol. The van der Waals surface area contributed by atoms with Gasteiger partial charge in [-0.05, 0) is 13.0 Å². The first-order chi connectivity index (χ1) is 7.65. The Morgan fingerprint density at radius 3 is 2.69 bits per heavy atom. The number of carbonyl (C=O) groups is 1. The zero-order chi connectivity index (χ0) is 11.5. The Labute approximate surface area is 89.1 Å². The van der Waals surface area contributed by atoms with E-state index in [2.05, 4.69) is 30.7 Å². The Balaban J connectivity index is 2.14. The molecular weight excluding hydrogens is 212 g/mol. The topological polar surface area (TPSA) is 116 Å². The number of hydrogen-bond acceptors (Lipinski definition) is 5. The van der Waals surface area contributed by atoms with Crippen molar-refractivity contribution in [2.24, 2.45) is 0 Å². The van der Waals surface area contributed by atoms with Gasteiger partial charge in [0.1, 0.15) is 11.5 Å². The van der Waals surface area contributed by atoms with Gasteiger partial charge in [-0.1, -0.05) is 0 Å². The highest BCUT2D eigenvalue weighted by molar-refractivity contribution is 6.01. The van der Waals surface area contributed by atoms with E-state index in [-0.39, 0.29) is 17.2 Å². The van der Waals surface area contributed by atoms with Crippen LogP contribution in [0, 0.1) is 6.92 Å². The number of rotatable bonds is 2. The van der Waals surface area contributed by atoms with Gasteiger partial charge in [0.05, 0.1) is 0 Å². The molecule has 0 aromatic carbocycles. The highest BCUT2D eigenvalue weighted by atomic mass is 16.2. The van der Waals surface area contributed by atoms with Crippen LogP contribution in [0.3, 0.4) is 0 Å². The molecule has 0 bridgehead atoms. The molecule has 0 aliphatic heterocycles. The minimum atomic E-state index is -0.491. The minimum Gasteiger partial charge on any atom is -0.288 e. The van der Waals surface area contributed by atoms with Gasteiger partial charge >= 0.3 is 0 Å². The van der Waals surface area contributed by atoms with Crippen LogP contribution < -0.4 is 10.9 Å². The van der Waals surface area contributed by atoms with Crippen molar-refractivity contribution in [3.05, 3.63) is 34.0 Å². The predicted octanol–water partition coefficient (Wildman–Crippen LogP) is -0.551. The van der Waals surface area contributed by atoms with E-state index in [0.29, 0.717) is 5.82 Å². The molecule has 0 radical (unpaired) electrons. The van der Waals surface area contributed by atoms with Crippen LogP contribution >= 0.6 is 0 Å². The molecule has 8 nitrogen and oxygen atoms in total. The van der Waals surface area contributed by atoms with Gasteiger partial charge < -0.3 is 0 Å². The zero-order valence-corrected chi connectivity index (χ0v) is 8.31. The number of carbonyl (C=O) groups excluding carboxylic acids is 1. The summed E-state index contributed by atoms with van der Waals surface area (Å²) in [5.74, 6) is 0.260. The fourth-order valence-corrected chi connectivity index (χ4v) is 1.04. The van der Waals surface area contributed by atoms with E-state index in [1.165, 1.54) is 12.1 Å². The first kappa shape index (κ1) is 10.0. The van der Waals surface area contributed by atoms with Crippen LogP contribution in [0.5, 0.6) is 0 Å². The van der Waals surface area contributed by atoms with Crippen molar-refractivity contribution in [1.29, 1.82) is 0 Å². The molecule has 2 rings (SSSR count). The summed E-state index contributed by atoms with van der Waals surface area (Å²) in [6.45, 7) is 1.71. The van der Waals surface area contributed by atoms with E-state index < -0.39 is 5.91 Å². The summed E-state index contributed by atoms with van der Waals surface area (Å²) in [5, 5.41) is 14.5. The molecule has 2 aromatic heterocycles. The lowest BCUT2D eigenvalue weighted by molar-refractivity contribution is 0.102. The molecule has 8 heteroatoms. The van der Waals surface area contributed by atoms with E-state index in [4.69, 9.17) is 0 Å². The molecule has 0 spiro atoms. The maximum atomic E-state index is 11.5. The quantitative estimate of drug-likeness (QED) is 0.627. The van der Waals surface area contributed by atoms with Crippen molar-refractivity contribution >= 4 is 11.9 Å². The van der Waals surface area contributed by atoms with Gasteiger partial charge in [-0.25, -0.2) is 5.10 Å². The normalized spacial score (nSPS) is 10.1. The first-order valence-corrected chi connectivity index (χ1v) is 4.41. The molecule has 0 saturated carbocycles. The smallest absolute Gasteiger partial charge is 0.278 e. The van der Waals surface area contributed by atoms with Crippen molar-refractivity contribution in [3.8, 4) is 0 Å². The number of aromatic amines is 2. The summed E-state index contributed by atoms with van der Waals surface area (Å²) in [5.41, 5.74) is -0.285. The number of nitrogens with zero attached hydrogens (tertiary/aromatic N) is 3. The number of anilines is 1. The molecule has 0 aliphatic carbocycles. The Morgan fingerprint density at radius 1 is 1.31 bits per heavy atom. The summed E-state index contributed by atoms with van der Waals surface area (Å²) in [6, 6.07) is 2.53. The van der Waals surface area contributed by atoms with Crippen molar-refractivity contribution in [1.82, 2.24) is 25.4 Å². The largest absolute Gasteiger partial charge is 0.288 e. The minimum absolute atomic E-state index is 0.0852. The van der Waals surface area contributed by atoms with E-state index >= 15 is 0 Å². The number of nitrogens with one attached hydrogen (secondary N) is 3. The fraction of sp³-hybridized carbons (Fsp3) is 0.125. The maximum absolute atomic E-state index is 11.5. The molecule has 2 aromatic rings. The van der Waals surface area contributed by atoms with Crippen LogP contribution in [0.4, 0.5) is 5.95 Å². The third kappa shape index (κ3) is 2.11. The second-order valence-corrected chi connectivity index (χ2v) is 3.00. The van der Waals surface area contributed by atoms with Gasteiger partial charge in [-0.15, -0.1) is 5.10 Å². The second-order valence-electron chi connectivity index (χ2n) is 3.00. The van der Waals surface area contributed by atoms with E-state index in [1.807, 2.05) is 0 Å². The molecule has 0 saturated heterocycles. The van der Waals surface area contributed by atoms with Gasteiger partial charge in [-0.3, -0.25) is 20.0 Å². The number of amides is 1. The molecule has 0 fully saturated rings. The van der Waals surface area contributed by atoms with E-state index in [9.17, 15) is 9.59 Å². The summed E-state index contributed by atoms with van der Waals surface area (Å²) < 4.78 is 0. The van der Waals surface area contributed by atoms with Crippen LogP contribution in [-0.4, -0.2) is 31.3 Å².